The monoisotopic (exact) mass is 1500 g/mol. The van der Waals surface area contributed by atoms with Crippen LogP contribution in [0.3, 0.4) is 0 Å². The molecule has 0 aliphatic rings. The maximum absolute atomic E-state index is 13.0. The summed E-state index contributed by atoms with van der Waals surface area (Å²) in [5.74, 6) is -1.71. The van der Waals surface area contributed by atoms with Crippen LogP contribution in [0.25, 0.3) is 0 Å². The van der Waals surface area contributed by atoms with Crippen molar-refractivity contribution >= 4 is 33.6 Å². The molecule has 0 aliphatic heterocycles. The molecule has 0 saturated heterocycles. The molecule has 18 heteroatoms. The van der Waals surface area contributed by atoms with Gasteiger partial charge in [0.1, 0.15) is 25.4 Å². The molecule has 5 atom stereocenters. The van der Waals surface area contributed by atoms with Gasteiger partial charge in [-0.3, -0.25) is 32.5 Å². The summed E-state index contributed by atoms with van der Waals surface area (Å²) in [5.41, 5.74) is 0. The van der Waals surface area contributed by atoms with Gasteiger partial charge in [0.2, 0.25) is 0 Å². The second-order valence-electron chi connectivity index (χ2n) is 25.7. The lowest BCUT2D eigenvalue weighted by Crippen LogP contribution is -2.29. The molecule has 16 nitrogen and oxygen atoms in total. The van der Waals surface area contributed by atoms with Crippen molar-refractivity contribution in [2.24, 2.45) is 0 Å². The van der Waals surface area contributed by atoms with E-state index in [0.717, 1.165) is 161 Å². The molecule has 0 aromatic carbocycles. The van der Waals surface area contributed by atoms with E-state index in [2.05, 4.69) is 197 Å². The van der Waals surface area contributed by atoms with Crippen molar-refractivity contribution in [2.45, 2.75) is 296 Å². The van der Waals surface area contributed by atoms with Crippen molar-refractivity contribution in [1.29, 1.82) is 0 Å². The summed E-state index contributed by atoms with van der Waals surface area (Å²) in [6, 6.07) is 0. The molecule has 0 fully saturated rings. The zero-order chi connectivity index (χ0) is 76.6. The Morgan fingerprint density at radius 3 is 0.838 bits per heavy atom. The van der Waals surface area contributed by atoms with Gasteiger partial charge in [-0.1, -0.05) is 299 Å². The van der Waals surface area contributed by atoms with E-state index in [9.17, 15) is 43.5 Å². The lowest BCUT2D eigenvalue weighted by molar-refractivity contribution is -0.161. The molecular weight excluding hydrogens is 1360 g/mol. The number of aliphatic hydroxyl groups is 2. The topological polar surface area (TPSA) is 231 Å². The highest BCUT2D eigenvalue weighted by atomic mass is 31.2. The molecule has 105 heavy (non-hydrogen) atoms. The second-order valence-corrected chi connectivity index (χ2v) is 28.7. The molecule has 5 unspecified atom stereocenters. The number of carbonyl (C=O) groups excluding carboxylic acids is 3. The predicted octanol–water partition coefficient (Wildman–Crippen LogP) is 23.5. The van der Waals surface area contributed by atoms with Crippen LogP contribution in [0.2, 0.25) is 0 Å². The predicted molar refractivity (Wildman–Crippen MR) is 435 cm³/mol. The van der Waals surface area contributed by atoms with E-state index in [4.69, 9.17) is 32.3 Å². The third kappa shape index (κ3) is 79.3. The van der Waals surface area contributed by atoms with E-state index in [0.29, 0.717) is 25.7 Å². The Labute approximate surface area is 636 Å². The fourth-order valence-corrected chi connectivity index (χ4v) is 11.4. The van der Waals surface area contributed by atoms with Crippen molar-refractivity contribution in [3.63, 3.8) is 0 Å². The fourth-order valence-electron chi connectivity index (χ4n) is 9.82. The first-order valence-electron chi connectivity index (χ1n) is 39.7. The number of aliphatic hydroxyl groups excluding tert-OH is 2. The number of hydrogen-bond donors (Lipinski definition) is 4. The highest BCUT2D eigenvalue weighted by molar-refractivity contribution is 7.47. The molecule has 0 aliphatic carbocycles. The summed E-state index contributed by atoms with van der Waals surface area (Å²) in [5, 5.41) is 20.6. The third-order valence-electron chi connectivity index (χ3n) is 15.8. The molecule has 0 rings (SSSR count). The third-order valence-corrected chi connectivity index (χ3v) is 17.7. The standard InChI is InChI=1S/C87H140O16P2/c1-4-7-10-13-16-19-22-25-28-31-34-36-37-38-39-40-41-42-43-45-48-49-52-55-58-61-64-67-70-73-85(90)97-76-82(88)77-99-104(93,94)100-78-83(89)79-101-105(95,96)102-81-84(103-87(92)75-72-69-66-63-60-57-54-51-46-33-30-27-24-21-18-15-12-9-6-3)80-98-86(91)74-71-68-65-62-59-56-53-50-47-44-35-32-29-26-23-20-17-14-11-8-5-2/h7,9-10,12,16-21,25-30,34-36,38-39,41-42,44,46,50-51,53,57,60,66,69,82-84,88-89H,4-6,8,11,13-15,22-24,31-33,37,40,43,45,47-49,52,54-56,58-59,61-65,67-68,70-81H2,1-3H3,(H,93,94)(H,95,96)/b10-7-,12-9-,19-16-,20-17-,21-18-,28-25-,29-26-,30-27-,36-34-,39-38-,42-41-,44-35-,51-46-,53-50-,60-57-,69-66-. The Kier molecular flexibility index (Phi) is 73.8. The first-order chi connectivity index (χ1) is 51.2. The van der Waals surface area contributed by atoms with Crippen LogP contribution in [0.4, 0.5) is 0 Å². The highest BCUT2D eigenvalue weighted by Crippen LogP contribution is 2.45. The Morgan fingerprint density at radius 1 is 0.276 bits per heavy atom. The Hall–Kier alpha value is -5.61. The quantitative estimate of drug-likeness (QED) is 0.0146. The van der Waals surface area contributed by atoms with Crippen LogP contribution in [0.15, 0.2) is 194 Å². The smallest absolute Gasteiger partial charge is 0.463 e. The van der Waals surface area contributed by atoms with Crippen LogP contribution < -0.4 is 0 Å². The zero-order valence-corrected chi connectivity index (χ0v) is 66.6. The van der Waals surface area contributed by atoms with Crippen LogP contribution in [0, 0.1) is 0 Å². The Balaban J connectivity index is 4.69. The number of rotatable bonds is 73. The van der Waals surface area contributed by atoms with Gasteiger partial charge in [-0.25, -0.2) is 9.13 Å². The van der Waals surface area contributed by atoms with Crippen LogP contribution in [0.5, 0.6) is 0 Å². The molecule has 0 spiro atoms. The number of unbranched alkanes of at least 4 members (excludes halogenated alkanes) is 18. The number of phosphoric acid groups is 2. The van der Waals surface area contributed by atoms with Crippen molar-refractivity contribution in [3.8, 4) is 0 Å². The lowest BCUT2D eigenvalue weighted by atomic mass is 10.1. The normalized spacial score (nSPS) is 15.0. The number of ether oxygens (including phenoxy) is 3. The van der Waals surface area contributed by atoms with Crippen molar-refractivity contribution in [3.05, 3.63) is 194 Å². The molecular formula is C87H140O16P2. The molecule has 0 aromatic rings. The first-order valence-corrected chi connectivity index (χ1v) is 42.7. The van der Waals surface area contributed by atoms with Gasteiger partial charge in [0, 0.05) is 19.3 Å². The number of phosphoric ester groups is 2. The van der Waals surface area contributed by atoms with Crippen LogP contribution in [-0.2, 0) is 55.8 Å². The van der Waals surface area contributed by atoms with Gasteiger partial charge in [-0.15, -0.1) is 0 Å². The highest BCUT2D eigenvalue weighted by Gasteiger charge is 2.29. The molecule has 0 bridgehead atoms. The molecule has 0 heterocycles. The molecule has 0 radical (unpaired) electrons. The maximum Gasteiger partial charge on any atom is 0.472 e. The van der Waals surface area contributed by atoms with Crippen LogP contribution >= 0.6 is 15.6 Å². The minimum Gasteiger partial charge on any atom is -0.463 e. The van der Waals surface area contributed by atoms with Crippen molar-refractivity contribution in [2.75, 3.05) is 39.6 Å². The molecule has 0 amide bonds. The molecule has 0 aromatic heterocycles. The second kappa shape index (κ2) is 78.0. The summed E-state index contributed by atoms with van der Waals surface area (Å²) in [6.45, 7) is 2.28. The van der Waals surface area contributed by atoms with E-state index in [-0.39, 0.29) is 19.3 Å². The fraction of sp³-hybridized carbons (Fsp3) is 0.598. The number of allylic oxidation sites excluding steroid dienone is 32. The van der Waals surface area contributed by atoms with Gasteiger partial charge < -0.3 is 34.2 Å². The number of esters is 3. The van der Waals surface area contributed by atoms with E-state index in [1.165, 1.54) is 51.4 Å². The van der Waals surface area contributed by atoms with Gasteiger partial charge >= 0.3 is 33.6 Å². The summed E-state index contributed by atoms with van der Waals surface area (Å²) >= 11 is 0. The summed E-state index contributed by atoms with van der Waals surface area (Å²) in [7, 11) is -9.84. The van der Waals surface area contributed by atoms with E-state index in [1.807, 2.05) is 18.2 Å². The van der Waals surface area contributed by atoms with Gasteiger partial charge in [-0.2, -0.15) is 0 Å². The van der Waals surface area contributed by atoms with Crippen molar-refractivity contribution < 1.29 is 75.8 Å². The lowest BCUT2D eigenvalue weighted by Gasteiger charge is -2.21. The SMILES string of the molecule is CC/C=C\C/C=C\C/C=C\C/C=C\C/C=C\C/C=C\CCCCCCCCCCCCC(=O)OCC(O)COP(=O)(O)OCC(O)COP(=O)(O)OCC(COC(=O)CCCCCCC/C=C\C/C=C\C/C=C\C/C=C\CCCCC)OC(=O)CC/C=C\C/C=C\C/C=C\C/C=C\C/C=C\C/C=C\CC. The van der Waals surface area contributed by atoms with E-state index < -0.39 is 91.5 Å². The zero-order valence-electron chi connectivity index (χ0n) is 64.8. The Bertz CT molecular complexity index is 2690. The van der Waals surface area contributed by atoms with Gasteiger partial charge in [0.25, 0.3) is 0 Å². The summed E-state index contributed by atoms with van der Waals surface area (Å²) < 4.78 is 61.1. The summed E-state index contributed by atoms with van der Waals surface area (Å²) in [6.07, 6.45) is 102. The number of hydrogen-bond acceptors (Lipinski definition) is 14. The van der Waals surface area contributed by atoms with Crippen molar-refractivity contribution in [1.82, 2.24) is 0 Å². The minimum absolute atomic E-state index is 0.0326. The van der Waals surface area contributed by atoms with Gasteiger partial charge in [0.05, 0.1) is 26.4 Å². The molecule has 4 N–H and O–H groups in total. The first kappa shape index (κ1) is 99.4. The van der Waals surface area contributed by atoms with Gasteiger partial charge in [0.15, 0.2) is 6.10 Å². The molecule has 594 valence electrons. The maximum atomic E-state index is 13.0. The van der Waals surface area contributed by atoms with Crippen LogP contribution in [-0.4, -0.2) is 95.9 Å². The van der Waals surface area contributed by atoms with Crippen LogP contribution in [0.1, 0.15) is 278 Å². The van der Waals surface area contributed by atoms with Gasteiger partial charge in [-0.05, 0) is 154 Å². The largest absolute Gasteiger partial charge is 0.472 e. The van der Waals surface area contributed by atoms with E-state index >= 15 is 0 Å². The summed E-state index contributed by atoms with van der Waals surface area (Å²) in [4.78, 5) is 58.7. The average molecular weight is 1500 g/mol. The minimum atomic E-state index is -4.97. The average Bonchev–Trinajstić information content (AvgIpc) is 0.911. The number of carbonyl (C=O) groups is 3. The van der Waals surface area contributed by atoms with E-state index in [1.54, 1.807) is 0 Å². The molecule has 0 saturated carbocycles. The Morgan fingerprint density at radius 2 is 0.524 bits per heavy atom.